The summed E-state index contributed by atoms with van der Waals surface area (Å²) >= 11 is 0. The van der Waals surface area contributed by atoms with E-state index in [1.54, 1.807) is 6.08 Å². The Hall–Kier alpha value is -3.22. The van der Waals surface area contributed by atoms with Crippen molar-refractivity contribution in [2.24, 2.45) is 0 Å². The molecule has 0 radical (unpaired) electrons. The summed E-state index contributed by atoms with van der Waals surface area (Å²) < 4.78 is 5.84. The van der Waals surface area contributed by atoms with Crippen LogP contribution < -0.4 is 5.32 Å². The van der Waals surface area contributed by atoms with Crippen LogP contribution in [0.5, 0.6) is 0 Å². The highest BCUT2D eigenvalue weighted by atomic mass is 16.5. The van der Waals surface area contributed by atoms with Gasteiger partial charge in [-0.3, -0.25) is 9.59 Å². The molecule has 0 aliphatic heterocycles. The van der Waals surface area contributed by atoms with Gasteiger partial charge in [0.2, 0.25) is 5.91 Å². The van der Waals surface area contributed by atoms with Crippen molar-refractivity contribution in [1.29, 1.82) is 0 Å². The Morgan fingerprint density at radius 3 is 1.28 bits per heavy atom. The molecule has 0 aromatic carbocycles. The maximum atomic E-state index is 13.2. The zero-order valence-corrected chi connectivity index (χ0v) is 44.5. The van der Waals surface area contributed by atoms with E-state index < -0.39 is 18.2 Å². The average molecular weight is 947 g/mol. The van der Waals surface area contributed by atoms with Gasteiger partial charge in [-0.1, -0.05) is 253 Å². The Bertz CT molecular complexity index is 1340. The molecular formula is C62H107NO5. The SMILES string of the molecule is CC/C=C/C/C=C/C/C=C/C/C=C/C/C=C/C(CC(=O)NC(CO)C(O)CCCCCCCCCCCCCCCCCC)OC(=O)CCCCCCCC/C=C\C/C=C\C/C=C\CCCCC. The number of hydrogen-bond donors (Lipinski definition) is 3. The molecule has 0 aliphatic carbocycles. The van der Waals surface area contributed by atoms with Gasteiger partial charge in [0.25, 0.3) is 0 Å². The van der Waals surface area contributed by atoms with Crippen molar-refractivity contribution in [1.82, 2.24) is 5.32 Å². The topological polar surface area (TPSA) is 95.9 Å². The van der Waals surface area contributed by atoms with E-state index in [4.69, 9.17) is 4.74 Å². The lowest BCUT2D eigenvalue weighted by molar-refractivity contribution is -0.148. The second kappa shape index (κ2) is 54.7. The lowest BCUT2D eigenvalue weighted by atomic mass is 10.0. The van der Waals surface area contributed by atoms with E-state index >= 15 is 0 Å². The molecule has 0 aromatic rings. The lowest BCUT2D eigenvalue weighted by Gasteiger charge is -2.23. The standard InChI is InChI=1S/C62H107NO5/c1-4-7-10-13-16-19-22-25-28-30-31-32-34-37-40-43-46-49-52-55-62(67)68-58(53-50-47-44-41-38-35-27-24-21-18-15-12-9-6-3)56-61(66)63-59(57-64)60(65)54-51-48-45-42-39-36-33-29-26-23-20-17-14-11-8-5-2/h9,12,16,18-19,21,25,27-28,31-32,35,41,44,50,53,58-60,64-65H,4-8,10-11,13-15,17,20,22-24,26,29-30,33-34,36-40,42-43,45-49,51-52,54-57H2,1-3H3,(H,63,66)/b12-9+,19-16-,21-18+,28-25-,32-31-,35-27+,44-41+,53-50+. The number of unbranched alkanes of at least 4 members (excludes halogenated alkanes) is 24. The first-order valence-electron chi connectivity index (χ1n) is 28.5. The summed E-state index contributed by atoms with van der Waals surface area (Å²) in [5, 5.41) is 23.8. The Labute approximate surface area is 420 Å². The van der Waals surface area contributed by atoms with E-state index in [-0.39, 0.29) is 24.9 Å². The Morgan fingerprint density at radius 1 is 0.456 bits per heavy atom. The smallest absolute Gasteiger partial charge is 0.306 e. The molecule has 0 rings (SSSR count). The maximum Gasteiger partial charge on any atom is 0.306 e. The molecule has 0 fully saturated rings. The normalized spacial score (nSPS) is 13.9. The first-order valence-corrected chi connectivity index (χ1v) is 28.5. The van der Waals surface area contributed by atoms with Crippen molar-refractivity contribution in [3.05, 3.63) is 97.2 Å². The van der Waals surface area contributed by atoms with Gasteiger partial charge in [-0.2, -0.15) is 0 Å². The molecule has 0 aromatic heterocycles. The van der Waals surface area contributed by atoms with E-state index in [0.717, 1.165) is 89.9 Å². The van der Waals surface area contributed by atoms with Crippen molar-refractivity contribution in [3.8, 4) is 0 Å². The van der Waals surface area contributed by atoms with Crippen molar-refractivity contribution in [2.45, 2.75) is 277 Å². The zero-order chi connectivity index (χ0) is 49.5. The summed E-state index contributed by atoms with van der Waals surface area (Å²) in [5.41, 5.74) is 0. The van der Waals surface area contributed by atoms with Gasteiger partial charge in [0.05, 0.1) is 25.2 Å². The Balaban J connectivity index is 4.68. The number of rotatable bonds is 50. The predicted octanol–water partition coefficient (Wildman–Crippen LogP) is 17.7. The van der Waals surface area contributed by atoms with E-state index in [9.17, 15) is 19.8 Å². The number of amides is 1. The molecular weight excluding hydrogens is 839 g/mol. The quantitative estimate of drug-likeness (QED) is 0.0321. The van der Waals surface area contributed by atoms with Crippen molar-refractivity contribution >= 4 is 11.9 Å². The number of allylic oxidation sites excluding steroid dienone is 15. The zero-order valence-electron chi connectivity index (χ0n) is 44.5. The van der Waals surface area contributed by atoms with Gasteiger partial charge in [-0.25, -0.2) is 0 Å². The fourth-order valence-corrected chi connectivity index (χ4v) is 8.10. The molecule has 1 amide bonds. The summed E-state index contributed by atoms with van der Waals surface area (Å²) in [6, 6.07) is -0.751. The second-order valence-corrected chi connectivity index (χ2v) is 19.0. The number of aliphatic hydroxyl groups is 2. The molecule has 0 spiro atoms. The van der Waals surface area contributed by atoms with Crippen LogP contribution in [0.15, 0.2) is 97.2 Å². The van der Waals surface area contributed by atoms with E-state index in [2.05, 4.69) is 111 Å². The minimum Gasteiger partial charge on any atom is -0.458 e. The van der Waals surface area contributed by atoms with Gasteiger partial charge in [0, 0.05) is 6.42 Å². The molecule has 6 heteroatoms. The molecule has 0 saturated heterocycles. The first kappa shape index (κ1) is 64.8. The van der Waals surface area contributed by atoms with Crippen LogP contribution in [0, 0.1) is 0 Å². The van der Waals surface area contributed by atoms with Gasteiger partial charge in [-0.05, 0) is 89.5 Å². The minimum absolute atomic E-state index is 0.0556. The number of esters is 1. The molecule has 3 N–H and O–H groups in total. The highest BCUT2D eigenvalue weighted by molar-refractivity contribution is 5.78. The third-order valence-corrected chi connectivity index (χ3v) is 12.4. The molecule has 68 heavy (non-hydrogen) atoms. The van der Waals surface area contributed by atoms with Crippen LogP contribution in [0.3, 0.4) is 0 Å². The largest absolute Gasteiger partial charge is 0.458 e. The van der Waals surface area contributed by atoms with Crippen molar-refractivity contribution in [3.63, 3.8) is 0 Å². The molecule has 0 aliphatic rings. The lowest BCUT2D eigenvalue weighted by Crippen LogP contribution is -2.46. The maximum absolute atomic E-state index is 13.2. The number of carbonyl (C=O) groups is 2. The van der Waals surface area contributed by atoms with Gasteiger partial charge >= 0.3 is 5.97 Å². The number of nitrogens with one attached hydrogen (secondary N) is 1. The van der Waals surface area contributed by atoms with Crippen LogP contribution in [0.1, 0.15) is 258 Å². The average Bonchev–Trinajstić information content (AvgIpc) is 3.33. The van der Waals surface area contributed by atoms with Gasteiger partial charge in [0.1, 0.15) is 6.10 Å². The second-order valence-electron chi connectivity index (χ2n) is 19.0. The summed E-state index contributed by atoms with van der Waals surface area (Å²) in [4.78, 5) is 26.2. The predicted molar refractivity (Wildman–Crippen MR) is 296 cm³/mol. The third kappa shape index (κ3) is 49.2. The van der Waals surface area contributed by atoms with Gasteiger partial charge < -0.3 is 20.3 Å². The summed E-state index contributed by atoms with van der Waals surface area (Å²) in [6.45, 7) is 6.32. The van der Waals surface area contributed by atoms with Crippen LogP contribution in [0.4, 0.5) is 0 Å². The minimum atomic E-state index is -0.827. The summed E-state index contributed by atoms with van der Waals surface area (Å²) in [7, 11) is 0. The fourth-order valence-electron chi connectivity index (χ4n) is 8.10. The molecule has 0 heterocycles. The molecule has 0 bridgehead atoms. The van der Waals surface area contributed by atoms with E-state index in [1.165, 1.54) is 122 Å². The molecule has 0 saturated carbocycles. The number of aliphatic hydroxyl groups excluding tert-OH is 2. The third-order valence-electron chi connectivity index (χ3n) is 12.4. The van der Waals surface area contributed by atoms with Crippen molar-refractivity contribution < 1.29 is 24.5 Å². The van der Waals surface area contributed by atoms with Crippen LogP contribution in [-0.2, 0) is 14.3 Å². The van der Waals surface area contributed by atoms with Crippen LogP contribution in [0.25, 0.3) is 0 Å². The van der Waals surface area contributed by atoms with Crippen LogP contribution >= 0.6 is 0 Å². The van der Waals surface area contributed by atoms with Gasteiger partial charge in [0.15, 0.2) is 0 Å². The Kier molecular flexibility index (Phi) is 52.1. The number of ether oxygens (including phenoxy) is 1. The van der Waals surface area contributed by atoms with Crippen molar-refractivity contribution in [2.75, 3.05) is 6.61 Å². The molecule has 3 unspecified atom stereocenters. The fraction of sp³-hybridized carbons (Fsp3) is 0.710. The van der Waals surface area contributed by atoms with Crippen LogP contribution in [-0.4, -0.2) is 46.9 Å². The highest BCUT2D eigenvalue weighted by Crippen LogP contribution is 2.16. The summed E-state index contributed by atoms with van der Waals surface area (Å²) in [5.74, 6) is -0.645. The van der Waals surface area contributed by atoms with E-state index in [1.807, 2.05) is 6.08 Å². The van der Waals surface area contributed by atoms with Crippen LogP contribution in [0.2, 0.25) is 0 Å². The number of hydrogen-bond acceptors (Lipinski definition) is 5. The van der Waals surface area contributed by atoms with Gasteiger partial charge in [-0.15, -0.1) is 0 Å². The monoisotopic (exact) mass is 946 g/mol. The highest BCUT2D eigenvalue weighted by Gasteiger charge is 2.23. The van der Waals surface area contributed by atoms with E-state index in [0.29, 0.717) is 19.3 Å². The first-order chi connectivity index (χ1) is 33.5. The molecule has 390 valence electrons. The summed E-state index contributed by atoms with van der Waals surface area (Å²) in [6.07, 6.45) is 73.6. The Morgan fingerprint density at radius 2 is 0.824 bits per heavy atom. The molecule has 6 nitrogen and oxygen atoms in total. The number of carbonyl (C=O) groups excluding carboxylic acids is 2. The molecule has 3 atom stereocenters.